The molecule has 1 aliphatic rings. The molecule has 0 radical (unpaired) electrons. The van der Waals surface area contributed by atoms with Crippen molar-refractivity contribution in [2.75, 3.05) is 19.7 Å². The maximum absolute atomic E-state index is 13.6. The van der Waals surface area contributed by atoms with Gasteiger partial charge in [0.15, 0.2) is 0 Å². The summed E-state index contributed by atoms with van der Waals surface area (Å²) in [5, 5.41) is 12.3. The van der Waals surface area contributed by atoms with Crippen molar-refractivity contribution in [1.82, 2.24) is 9.62 Å². The van der Waals surface area contributed by atoms with Crippen molar-refractivity contribution in [3.05, 3.63) is 126 Å². The molecule has 9 heteroatoms. The summed E-state index contributed by atoms with van der Waals surface area (Å²) >= 11 is 0. The van der Waals surface area contributed by atoms with E-state index in [0.29, 0.717) is 17.5 Å². The summed E-state index contributed by atoms with van der Waals surface area (Å²) in [7, 11) is -4.04. The van der Waals surface area contributed by atoms with Crippen molar-refractivity contribution < 1.29 is 27.5 Å². The van der Waals surface area contributed by atoms with Gasteiger partial charge >= 0.3 is 6.09 Å². The number of carbonyl (C=O) groups excluding carboxylic acids is 1. The average molecular weight is 639 g/mol. The molecule has 0 fully saturated rings. The van der Waals surface area contributed by atoms with Crippen LogP contribution in [0.25, 0.3) is 22.1 Å². The molecule has 1 aromatic heterocycles. The number of carbonyl (C=O) groups is 1. The fraction of sp³-hybridized carbons (Fsp3) is 0.270. The van der Waals surface area contributed by atoms with Crippen molar-refractivity contribution in [2.24, 2.45) is 5.92 Å². The Hall–Kier alpha value is -4.44. The second-order valence-corrected chi connectivity index (χ2v) is 13.9. The third-order valence-corrected chi connectivity index (χ3v) is 9.88. The number of rotatable bonds is 12. The highest BCUT2D eigenvalue weighted by Gasteiger charge is 2.32. The van der Waals surface area contributed by atoms with Gasteiger partial charge in [0.25, 0.3) is 0 Å². The lowest BCUT2D eigenvalue weighted by Crippen LogP contribution is -2.51. The number of amides is 1. The molecule has 5 aromatic rings. The van der Waals surface area contributed by atoms with Crippen LogP contribution in [0.1, 0.15) is 36.5 Å². The number of aliphatic hydroxyl groups excluding tert-OH is 1. The highest BCUT2D eigenvalue weighted by atomic mass is 32.2. The molecule has 0 saturated heterocycles. The van der Waals surface area contributed by atoms with E-state index in [2.05, 4.69) is 29.0 Å². The van der Waals surface area contributed by atoms with E-state index in [1.165, 1.54) is 23.3 Å². The molecule has 1 heterocycles. The molecule has 46 heavy (non-hydrogen) atoms. The summed E-state index contributed by atoms with van der Waals surface area (Å²) in [5.74, 6) is -0.0222. The predicted molar refractivity (Wildman–Crippen MR) is 178 cm³/mol. The number of sulfonamides is 1. The third kappa shape index (κ3) is 6.87. The van der Waals surface area contributed by atoms with E-state index >= 15 is 0 Å². The predicted octanol–water partition coefficient (Wildman–Crippen LogP) is 6.59. The number of fused-ring (bicyclic) bond motifs is 4. The molecule has 4 aromatic carbocycles. The molecule has 238 valence electrons. The Morgan fingerprint density at radius 1 is 0.891 bits per heavy atom. The zero-order chi connectivity index (χ0) is 32.3. The van der Waals surface area contributed by atoms with Gasteiger partial charge in [0.1, 0.15) is 12.2 Å². The van der Waals surface area contributed by atoms with Crippen LogP contribution in [0.3, 0.4) is 0 Å². The summed E-state index contributed by atoms with van der Waals surface area (Å²) in [6, 6.07) is 31.0. The van der Waals surface area contributed by atoms with E-state index in [4.69, 9.17) is 9.15 Å². The lowest BCUT2D eigenvalue weighted by molar-refractivity contribution is 0.0562. The lowest BCUT2D eigenvalue weighted by Gasteiger charge is -2.31. The van der Waals surface area contributed by atoms with E-state index in [9.17, 15) is 18.3 Å². The number of furan rings is 1. The number of nitrogens with one attached hydrogen (secondary N) is 1. The number of benzene rings is 4. The van der Waals surface area contributed by atoms with Gasteiger partial charge < -0.3 is 19.2 Å². The van der Waals surface area contributed by atoms with Gasteiger partial charge in [0, 0.05) is 17.8 Å². The molecular formula is C37H38N2O6S. The van der Waals surface area contributed by atoms with Gasteiger partial charge in [-0.2, -0.15) is 0 Å². The Bertz CT molecular complexity index is 1880. The first kappa shape index (κ1) is 31.5. The Balaban J connectivity index is 1.21. The van der Waals surface area contributed by atoms with Gasteiger partial charge in [0.2, 0.25) is 10.0 Å². The van der Waals surface area contributed by atoms with Crippen LogP contribution < -0.4 is 4.72 Å². The lowest BCUT2D eigenvalue weighted by atomic mass is 9.98. The minimum Gasteiger partial charge on any atom is -0.464 e. The van der Waals surface area contributed by atoms with Crippen LogP contribution >= 0.6 is 0 Å². The molecule has 2 atom stereocenters. The molecule has 0 aliphatic heterocycles. The van der Waals surface area contributed by atoms with Crippen LogP contribution in [-0.2, 0) is 21.2 Å². The number of ether oxygens (including phenoxy) is 1. The normalized spacial score (nSPS) is 14.2. The molecule has 0 spiro atoms. The minimum absolute atomic E-state index is 0.0576. The van der Waals surface area contributed by atoms with Crippen molar-refractivity contribution in [3.8, 4) is 11.1 Å². The van der Waals surface area contributed by atoms with E-state index in [1.807, 2.05) is 68.4 Å². The molecule has 8 nitrogen and oxygen atoms in total. The van der Waals surface area contributed by atoms with Crippen molar-refractivity contribution >= 4 is 27.1 Å². The number of hydrogen-bond acceptors (Lipinski definition) is 6. The highest BCUT2D eigenvalue weighted by molar-refractivity contribution is 7.89. The molecule has 1 aliphatic carbocycles. The van der Waals surface area contributed by atoms with Crippen LogP contribution in [0.2, 0.25) is 0 Å². The van der Waals surface area contributed by atoms with Crippen molar-refractivity contribution in [1.29, 1.82) is 0 Å². The first-order chi connectivity index (χ1) is 22.2. The van der Waals surface area contributed by atoms with Gasteiger partial charge in [-0.25, -0.2) is 17.9 Å². The topological polar surface area (TPSA) is 109 Å². The maximum atomic E-state index is 13.6. The second kappa shape index (κ2) is 13.5. The van der Waals surface area contributed by atoms with Gasteiger partial charge in [-0.15, -0.1) is 0 Å². The standard InChI is InChI=1S/C37H38N2O6S/c1-25(2)22-39(37(41)45-24-33-31-14-8-6-12-29(31)30-13-7-9-15-32(30)33)23-35(40)34(20-26-10-4-3-5-11-26)38-46(42,43)28-16-17-36-27(21-28)18-19-44-36/h3-19,21,25,33-35,38,40H,20,22-24H2,1-2H3/t34-,35+/m0/s1. The Labute approximate surface area is 269 Å². The molecular weight excluding hydrogens is 600 g/mol. The SMILES string of the molecule is CC(C)CN(C[C@@H](O)[C@H](Cc1ccccc1)NS(=O)(=O)c1ccc2occc2c1)C(=O)OCC1c2ccccc2-c2ccccc21. The third-order valence-electron chi connectivity index (χ3n) is 8.39. The largest absolute Gasteiger partial charge is 0.464 e. The monoisotopic (exact) mass is 638 g/mol. The number of nitrogens with zero attached hydrogens (tertiary/aromatic N) is 1. The zero-order valence-electron chi connectivity index (χ0n) is 25.9. The summed E-state index contributed by atoms with van der Waals surface area (Å²) in [4.78, 5) is 15.2. The Kier molecular flexibility index (Phi) is 9.26. The fourth-order valence-corrected chi connectivity index (χ4v) is 7.51. The molecule has 6 rings (SSSR count). The number of hydrogen-bond donors (Lipinski definition) is 2. The van der Waals surface area contributed by atoms with Gasteiger partial charge in [-0.05, 0) is 64.4 Å². The molecule has 2 N–H and O–H groups in total. The molecule has 1 amide bonds. The van der Waals surface area contributed by atoms with Gasteiger partial charge in [-0.3, -0.25) is 0 Å². The zero-order valence-corrected chi connectivity index (χ0v) is 26.7. The number of aliphatic hydroxyl groups is 1. The van der Waals surface area contributed by atoms with E-state index in [0.717, 1.165) is 27.8 Å². The van der Waals surface area contributed by atoms with Crippen LogP contribution in [-0.4, -0.2) is 56.4 Å². The second-order valence-electron chi connectivity index (χ2n) is 12.2. The Morgan fingerprint density at radius 3 is 2.22 bits per heavy atom. The molecule has 0 unspecified atom stereocenters. The van der Waals surface area contributed by atoms with Crippen LogP contribution in [0.4, 0.5) is 4.79 Å². The fourth-order valence-electron chi connectivity index (χ4n) is 6.21. The molecule has 0 saturated carbocycles. The maximum Gasteiger partial charge on any atom is 0.409 e. The van der Waals surface area contributed by atoms with Gasteiger partial charge in [0.05, 0.1) is 29.8 Å². The summed E-state index contributed by atoms with van der Waals surface area (Å²) < 4.78 is 41.2. The van der Waals surface area contributed by atoms with Crippen molar-refractivity contribution in [2.45, 2.75) is 43.2 Å². The van der Waals surface area contributed by atoms with Crippen LogP contribution in [0.15, 0.2) is 119 Å². The van der Waals surface area contributed by atoms with E-state index < -0.39 is 28.3 Å². The summed E-state index contributed by atoms with van der Waals surface area (Å²) in [6.07, 6.45) is -0.0633. The summed E-state index contributed by atoms with van der Waals surface area (Å²) in [5.41, 5.74) is 5.91. The minimum atomic E-state index is -4.04. The Morgan fingerprint density at radius 2 is 1.54 bits per heavy atom. The summed E-state index contributed by atoms with van der Waals surface area (Å²) in [6.45, 7) is 4.32. The van der Waals surface area contributed by atoms with E-state index in [-0.39, 0.29) is 36.3 Å². The van der Waals surface area contributed by atoms with E-state index in [1.54, 1.807) is 12.1 Å². The molecule has 0 bridgehead atoms. The quantitative estimate of drug-likeness (QED) is 0.160. The van der Waals surface area contributed by atoms with Crippen LogP contribution in [0.5, 0.6) is 0 Å². The van der Waals surface area contributed by atoms with Crippen LogP contribution in [0, 0.1) is 5.92 Å². The smallest absolute Gasteiger partial charge is 0.409 e. The van der Waals surface area contributed by atoms with Crippen molar-refractivity contribution in [3.63, 3.8) is 0 Å². The average Bonchev–Trinajstić information content (AvgIpc) is 3.65. The first-order valence-electron chi connectivity index (χ1n) is 15.5. The highest BCUT2D eigenvalue weighted by Crippen LogP contribution is 2.44. The van der Waals surface area contributed by atoms with Gasteiger partial charge in [-0.1, -0.05) is 92.7 Å². The first-order valence-corrected chi connectivity index (χ1v) is 17.0.